The summed E-state index contributed by atoms with van der Waals surface area (Å²) in [4.78, 5) is 0.274. The molecule has 0 unspecified atom stereocenters. The number of nitrogens with one attached hydrogen (secondary N) is 1. The van der Waals surface area contributed by atoms with Crippen LogP contribution in [0, 0.1) is 12.8 Å². The van der Waals surface area contributed by atoms with Gasteiger partial charge in [0.15, 0.2) is 0 Å². The highest BCUT2D eigenvalue weighted by molar-refractivity contribution is 7.89. The smallest absolute Gasteiger partial charge is 0.241 e. The third-order valence-corrected chi connectivity index (χ3v) is 5.43. The van der Waals surface area contributed by atoms with E-state index in [-0.39, 0.29) is 4.90 Å². The van der Waals surface area contributed by atoms with Crippen LogP contribution in [0.5, 0.6) is 0 Å². The second kappa shape index (κ2) is 4.24. The summed E-state index contributed by atoms with van der Waals surface area (Å²) in [5, 5.41) is 0. The monoisotopic (exact) mass is 268 g/mol. The van der Waals surface area contributed by atoms with E-state index in [0.29, 0.717) is 17.2 Å². The zero-order chi connectivity index (χ0) is 13.6. The second-order valence-corrected chi connectivity index (χ2v) is 7.22. The summed E-state index contributed by atoms with van der Waals surface area (Å²) in [6.07, 6.45) is 2.18. The van der Waals surface area contributed by atoms with Gasteiger partial charge < -0.3 is 5.73 Å². The molecule has 1 aliphatic carbocycles. The summed E-state index contributed by atoms with van der Waals surface area (Å²) < 4.78 is 27.6. The van der Waals surface area contributed by atoms with Gasteiger partial charge in [-0.15, -0.1) is 0 Å². The van der Waals surface area contributed by atoms with Gasteiger partial charge in [-0.25, -0.2) is 13.1 Å². The zero-order valence-corrected chi connectivity index (χ0v) is 11.8. The minimum atomic E-state index is -3.51. The Morgan fingerprint density at radius 3 is 2.50 bits per heavy atom. The molecule has 1 aromatic rings. The predicted molar refractivity (Wildman–Crippen MR) is 72.7 cm³/mol. The van der Waals surface area contributed by atoms with Crippen molar-refractivity contribution in [1.29, 1.82) is 0 Å². The number of benzene rings is 1. The maximum absolute atomic E-state index is 12.4. The fourth-order valence-corrected chi connectivity index (χ4v) is 3.96. The number of anilines is 1. The van der Waals surface area contributed by atoms with Crippen LogP contribution in [0.3, 0.4) is 0 Å². The van der Waals surface area contributed by atoms with Crippen molar-refractivity contribution in [2.45, 2.75) is 44.0 Å². The molecule has 4 nitrogen and oxygen atoms in total. The van der Waals surface area contributed by atoms with Gasteiger partial charge in [0.05, 0.1) is 4.90 Å². The molecule has 1 aliphatic rings. The summed E-state index contributed by atoms with van der Waals surface area (Å²) in [5.41, 5.74) is 6.48. The average Bonchev–Trinajstić information content (AvgIpc) is 3.03. The lowest BCUT2D eigenvalue weighted by Gasteiger charge is -2.26. The minimum Gasteiger partial charge on any atom is -0.398 e. The second-order valence-electron chi connectivity index (χ2n) is 5.57. The standard InChI is InChI=1S/C13H20N2O2S/c1-9-11(14)5-4-6-12(9)18(16,17)15-13(2,3)10-7-8-10/h4-6,10,15H,7-8,14H2,1-3H3. The van der Waals surface area contributed by atoms with E-state index >= 15 is 0 Å². The van der Waals surface area contributed by atoms with Crippen molar-refractivity contribution < 1.29 is 8.42 Å². The number of sulfonamides is 1. The SMILES string of the molecule is Cc1c(N)cccc1S(=O)(=O)NC(C)(C)C1CC1. The van der Waals surface area contributed by atoms with Crippen molar-refractivity contribution >= 4 is 15.7 Å². The molecule has 1 aromatic carbocycles. The predicted octanol–water partition coefficient (Wildman–Crippen LogP) is 2.04. The molecule has 0 atom stereocenters. The quantitative estimate of drug-likeness (QED) is 0.821. The van der Waals surface area contributed by atoms with Gasteiger partial charge in [-0.3, -0.25) is 0 Å². The van der Waals surface area contributed by atoms with Gasteiger partial charge >= 0.3 is 0 Å². The fraction of sp³-hybridized carbons (Fsp3) is 0.538. The molecule has 0 saturated heterocycles. The maximum atomic E-state index is 12.4. The highest BCUT2D eigenvalue weighted by Gasteiger charge is 2.40. The fourth-order valence-electron chi connectivity index (χ4n) is 2.21. The topological polar surface area (TPSA) is 72.2 Å². The third kappa shape index (κ3) is 2.52. The van der Waals surface area contributed by atoms with Crippen LogP contribution >= 0.6 is 0 Å². The first-order valence-electron chi connectivity index (χ1n) is 6.13. The first-order valence-corrected chi connectivity index (χ1v) is 7.61. The van der Waals surface area contributed by atoms with Gasteiger partial charge in [0.25, 0.3) is 0 Å². The maximum Gasteiger partial charge on any atom is 0.241 e. The Hall–Kier alpha value is -1.07. The minimum absolute atomic E-state index is 0.274. The van der Waals surface area contributed by atoms with Gasteiger partial charge in [0, 0.05) is 11.2 Å². The highest BCUT2D eigenvalue weighted by atomic mass is 32.2. The molecule has 0 heterocycles. The van der Waals surface area contributed by atoms with E-state index < -0.39 is 15.6 Å². The molecule has 3 N–H and O–H groups in total. The van der Waals surface area contributed by atoms with Crippen molar-refractivity contribution in [3.05, 3.63) is 23.8 Å². The number of hydrogen-bond acceptors (Lipinski definition) is 3. The van der Waals surface area contributed by atoms with Gasteiger partial charge in [0.1, 0.15) is 0 Å². The molecule has 0 bridgehead atoms. The summed E-state index contributed by atoms with van der Waals surface area (Å²) in [6.45, 7) is 5.60. The van der Waals surface area contributed by atoms with Crippen molar-refractivity contribution in [2.24, 2.45) is 5.92 Å². The van der Waals surface area contributed by atoms with E-state index in [1.54, 1.807) is 25.1 Å². The van der Waals surface area contributed by atoms with Crippen LogP contribution in [-0.2, 0) is 10.0 Å². The molecule has 2 rings (SSSR count). The molecule has 0 spiro atoms. The van der Waals surface area contributed by atoms with Crippen molar-refractivity contribution in [2.75, 3.05) is 5.73 Å². The first kappa shape index (κ1) is 13.4. The van der Waals surface area contributed by atoms with E-state index in [1.165, 1.54) is 0 Å². The molecule has 0 aromatic heterocycles. The lowest BCUT2D eigenvalue weighted by molar-refractivity contribution is 0.400. The molecule has 0 amide bonds. The van der Waals surface area contributed by atoms with E-state index in [2.05, 4.69) is 4.72 Å². The average molecular weight is 268 g/mol. The lowest BCUT2D eigenvalue weighted by atomic mass is 10.0. The van der Waals surface area contributed by atoms with Crippen LogP contribution in [0.25, 0.3) is 0 Å². The molecule has 0 aliphatic heterocycles. The third-order valence-electron chi connectivity index (χ3n) is 3.61. The van der Waals surface area contributed by atoms with Crippen molar-refractivity contribution in [3.8, 4) is 0 Å². The van der Waals surface area contributed by atoms with Gasteiger partial charge in [0.2, 0.25) is 10.0 Å². The van der Waals surface area contributed by atoms with Crippen LogP contribution in [0.1, 0.15) is 32.3 Å². The van der Waals surface area contributed by atoms with E-state index in [4.69, 9.17) is 5.73 Å². The number of hydrogen-bond donors (Lipinski definition) is 2. The Bertz CT molecular complexity index is 560. The highest BCUT2D eigenvalue weighted by Crippen LogP contribution is 2.40. The van der Waals surface area contributed by atoms with Gasteiger partial charge in [-0.2, -0.15) is 0 Å². The molecule has 100 valence electrons. The molecular formula is C13H20N2O2S. The Balaban J connectivity index is 2.33. The number of rotatable bonds is 4. The zero-order valence-electron chi connectivity index (χ0n) is 11.0. The molecule has 18 heavy (non-hydrogen) atoms. The molecular weight excluding hydrogens is 248 g/mol. The van der Waals surface area contributed by atoms with Crippen molar-refractivity contribution in [3.63, 3.8) is 0 Å². The first-order chi connectivity index (χ1) is 8.24. The van der Waals surface area contributed by atoms with Gasteiger partial charge in [-0.05, 0) is 57.2 Å². The molecule has 0 radical (unpaired) electrons. The Labute approximate surface area is 109 Å². The summed E-state index contributed by atoms with van der Waals surface area (Å²) >= 11 is 0. The Kier molecular flexibility index (Phi) is 3.15. The van der Waals surface area contributed by atoms with E-state index in [1.807, 2.05) is 13.8 Å². The Morgan fingerprint density at radius 1 is 1.33 bits per heavy atom. The lowest BCUT2D eigenvalue weighted by Crippen LogP contribution is -2.45. The molecule has 1 saturated carbocycles. The van der Waals surface area contributed by atoms with Gasteiger partial charge in [-0.1, -0.05) is 6.07 Å². The number of nitrogens with two attached hydrogens (primary N) is 1. The van der Waals surface area contributed by atoms with Crippen LogP contribution < -0.4 is 10.5 Å². The van der Waals surface area contributed by atoms with Crippen LogP contribution in [0.15, 0.2) is 23.1 Å². The van der Waals surface area contributed by atoms with Crippen LogP contribution in [-0.4, -0.2) is 14.0 Å². The van der Waals surface area contributed by atoms with Crippen LogP contribution in [0.2, 0.25) is 0 Å². The Morgan fingerprint density at radius 2 is 1.94 bits per heavy atom. The van der Waals surface area contributed by atoms with Crippen molar-refractivity contribution in [1.82, 2.24) is 4.72 Å². The van der Waals surface area contributed by atoms with E-state index in [9.17, 15) is 8.42 Å². The summed E-state index contributed by atoms with van der Waals surface area (Å²) in [6, 6.07) is 4.97. The largest absolute Gasteiger partial charge is 0.398 e. The van der Waals surface area contributed by atoms with E-state index in [0.717, 1.165) is 12.8 Å². The molecule has 5 heteroatoms. The molecule has 1 fully saturated rings. The summed E-state index contributed by atoms with van der Waals surface area (Å²) in [7, 11) is -3.51. The van der Waals surface area contributed by atoms with Crippen LogP contribution in [0.4, 0.5) is 5.69 Å². The summed E-state index contributed by atoms with van der Waals surface area (Å²) in [5.74, 6) is 0.439. The number of nitrogen functional groups attached to an aromatic ring is 1. The normalized spacial score (nSPS) is 16.8.